The highest BCUT2D eigenvalue weighted by molar-refractivity contribution is 8.04. The number of carbonyl (C=O) groups excluding carboxylic acids is 1. The molecule has 1 spiro atoms. The Morgan fingerprint density at radius 3 is 2.47 bits per heavy atom. The van der Waals surface area contributed by atoms with Crippen LogP contribution in [0.2, 0.25) is 0 Å². The maximum atomic E-state index is 12.1. The molecule has 1 heterocycles. The van der Waals surface area contributed by atoms with Gasteiger partial charge in [-0.3, -0.25) is 4.79 Å². The topological polar surface area (TPSA) is 52.3 Å². The number of rotatable bonds is 2. The summed E-state index contributed by atoms with van der Waals surface area (Å²) in [5.74, 6) is 0.252. The number of thioether (sulfide) groups is 1. The third-order valence-electron chi connectivity index (χ3n) is 3.10. The SMILES string of the molecule is CC(C)SC1=C(N)C2(CCOCC2)C1=O. The Hall–Kier alpha value is -0.480. The maximum absolute atomic E-state index is 12.1. The van der Waals surface area contributed by atoms with Crippen LogP contribution in [0, 0.1) is 5.41 Å². The van der Waals surface area contributed by atoms with E-state index in [4.69, 9.17) is 10.5 Å². The monoisotopic (exact) mass is 227 g/mol. The zero-order valence-electron chi connectivity index (χ0n) is 9.21. The molecule has 0 aromatic rings. The predicted molar refractivity (Wildman–Crippen MR) is 61.4 cm³/mol. The van der Waals surface area contributed by atoms with Crippen molar-refractivity contribution < 1.29 is 9.53 Å². The van der Waals surface area contributed by atoms with Gasteiger partial charge in [0, 0.05) is 24.2 Å². The minimum atomic E-state index is -0.352. The van der Waals surface area contributed by atoms with Gasteiger partial charge in [-0.2, -0.15) is 0 Å². The second-order valence-corrected chi connectivity index (χ2v) is 6.02. The van der Waals surface area contributed by atoms with Gasteiger partial charge in [0.1, 0.15) is 0 Å². The van der Waals surface area contributed by atoms with E-state index < -0.39 is 0 Å². The largest absolute Gasteiger partial charge is 0.400 e. The molecule has 4 heteroatoms. The van der Waals surface area contributed by atoms with E-state index in [0.29, 0.717) is 18.5 Å². The van der Waals surface area contributed by atoms with Crippen LogP contribution in [0.25, 0.3) is 0 Å². The number of hydrogen-bond donors (Lipinski definition) is 1. The molecule has 3 nitrogen and oxygen atoms in total. The Morgan fingerprint density at radius 2 is 2.00 bits per heavy atom. The van der Waals surface area contributed by atoms with E-state index in [2.05, 4.69) is 13.8 Å². The Morgan fingerprint density at radius 1 is 1.40 bits per heavy atom. The van der Waals surface area contributed by atoms with Crippen LogP contribution in [-0.2, 0) is 9.53 Å². The van der Waals surface area contributed by atoms with E-state index in [0.717, 1.165) is 23.4 Å². The predicted octanol–water partition coefficient (Wildman–Crippen LogP) is 1.68. The van der Waals surface area contributed by atoms with Gasteiger partial charge < -0.3 is 10.5 Å². The average molecular weight is 227 g/mol. The molecule has 1 saturated heterocycles. The Kier molecular flexibility index (Phi) is 2.81. The van der Waals surface area contributed by atoms with E-state index >= 15 is 0 Å². The smallest absolute Gasteiger partial charge is 0.183 e. The van der Waals surface area contributed by atoms with E-state index in [9.17, 15) is 4.79 Å². The molecule has 2 aliphatic rings. The van der Waals surface area contributed by atoms with Gasteiger partial charge in [0.05, 0.1) is 10.3 Å². The summed E-state index contributed by atoms with van der Waals surface area (Å²) in [4.78, 5) is 12.9. The number of carbonyl (C=O) groups is 1. The number of allylic oxidation sites excluding steroid dienone is 2. The lowest BCUT2D eigenvalue weighted by Gasteiger charge is -2.44. The molecule has 1 fully saturated rings. The van der Waals surface area contributed by atoms with E-state index in [1.54, 1.807) is 11.8 Å². The normalized spacial score (nSPS) is 24.9. The molecule has 84 valence electrons. The van der Waals surface area contributed by atoms with Crippen LogP contribution in [-0.4, -0.2) is 24.2 Å². The molecule has 2 N–H and O–H groups in total. The van der Waals surface area contributed by atoms with Crippen molar-refractivity contribution in [3.8, 4) is 0 Å². The van der Waals surface area contributed by atoms with Gasteiger partial charge in [0.2, 0.25) is 0 Å². The molecule has 1 aliphatic carbocycles. The minimum absolute atomic E-state index is 0.252. The number of nitrogens with two attached hydrogens (primary N) is 1. The number of ketones is 1. The molecule has 0 aromatic carbocycles. The highest BCUT2D eigenvalue weighted by atomic mass is 32.2. The van der Waals surface area contributed by atoms with Crippen molar-refractivity contribution in [3.05, 3.63) is 10.6 Å². The second kappa shape index (κ2) is 3.83. The van der Waals surface area contributed by atoms with Crippen molar-refractivity contribution in [1.29, 1.82) is 0 Å². The molecule has 0 unspecified atom stereocenters. The van der Waals surface area contributed by atoms with Crippen LogP contribution in [0.4, 0.5) is 0 Å². The standard InChI is InChI=1S/C11H17NO2S/c1-7(2)15-8-9(12)11(10(8)13)3-5-14-6-4-11/h7H,3-6,12H2,1-2H3. The fourth-order valence-corrected chi connectivity index (χ4v) is 3.28. The number of hydrogen-bond acceptors (Lipinski definition) is 4. The van der Waals surface area contributed by atoms with Crippen LogP contribution < -0.4 is 5.73 Å². The van der Waals surface area contributed by atoms with Crippen molar-refractivity contribution in [3.63, 3.8) is 0 Å². The third-order valence-corrected chi connectivity index (χ3v) is 4.21. The van der Waals surface area contributed by atoms with Crippen molar-refractivity contribution in [2.75, 3.05) is 13.2 Å². The van der Waals surface area contributed by atoms with Crippen molar-refractivity contribution in [2.45, 2.75) is 31.9 Å². The molecule has 0 bridgehead atoms. The quantitative estimate of drug-likeness (QED) is 0.779. The first-order valence-electron chi connectivity index (χ1n) is 5.37. The first-order valence-corrected chi connectivity index (χ1v) is 6.25. The molecular formula is C11H17NO2S. The number of Topliss-reactive ketones (excluding diaryl/α,β-unsaturated/α-hetero) is 1. The van der Waals surface area contributed by atoms with Gasteiger partial charge in [-0.25, -0.2) is 0 Å². The van der Waals surface area contributed by atoms with Gasteiger partial charge in [-0.15, -0.1) is 11.8 Å². The third kappa shape index (κ3) is 1.60. The lowest BCUT2D eigenvalue weighted by molar-refractivity contribution is -0.130. The second-order valence-electron chi connectivity index (χ2n) is 4.43. The Labute approximate surface area is 94.4 Å². The molecule has 0 amide bonds. The van der Waals surface area contributed by atoms with Gasteiger partial charge in [0.15, 0.2) is 5.78 Å². The van der Waals surface area contributed by atoms with Gasteiger partial charge in [-0.1, -0.05) is 13.8 Å². The fraction of sp³-hybridized carbons (Fsp3) is 0.727. The summed E-state index contributed by atoms with van der Waals surface area (Å²) in [6.45, 7) is 5.47. The van der Waals surface area contributed by atoms with Crippen LogP contribution in [0.1, 0.15) is 26.7 Å². The minimum Gasteiger partial charge on any atom is -0.400 e. The highest BCUT2D eigenvalue weighted by Gasteiger charge is 2.53. The number of ether oxygens (including phenoxy) is 1. The fourth-order valence-electron chi connectivity index (χ4n) is 2.19. The summed E-state index contributed by atoms with van der Waals surface area (Å²) in [5, 5.41) is 0.416. The first-order chi connectivity index (χ1) is 7.08. The molecule has 1 aliphatic heterocycles. The average Bonchev–Trinajstić information content (AvgIpc) is 2.25. The lowest BCUT2D eigenvalue weighted by atomic mass is 9.66. The Balaban J connectivity index is 2.18. The molecule has 0 radical (unpaired) electrons. The van der Waals surface area contributed by atoms with Crippen molar-refractivity contribution in [1.82, 2.24) is 0 Å². The van der Waals surface area contributed by atoms with Gasteiger partial charge >= 0.3 is 0 Å². The van der Waals surface area contributed by atoms with Gasteiger partial charge in [-0.05, 0) is 12.8 Å². The summed E-state index contributed by atoms with van der Waals surface area (Å²) in [6, 6.07) is 0. The highest BCUT2D eigenvalue weighted by Crippen LogP contribution is 2.51. The van der Waals surface area contributed by atoms with E-state index in [1.165, 1.54) is 0 Å². The van der Waals surface area contributed by atoms with Gasteiger partial charge in [0.25, 0.3) is 0 Å². The lowest BCUT2D eigenvalue weighted by Crippen LogP contribution is -2.50. The van der Waals surface area contributed by atoms with Crippen LogP contribution in [0.3, 0.4) is 0 Å². The van der Waals surface area contributed by atoms with Crippen LogP contribution >= 0.6 is 11.8 Å². The molecule has 0 saturated carbocycles. The molecular weight excluding hydrogens is 210 g/mol. The zero-order chi connectivity index (χ0) is 11.1. The summed E-state index contributed by atoms with van der Waals surface area (Å²) in [5.41, 5.74) is 6.52. The van der Waals surface area contributed by atoms with E-state index in [1.807, 2.05) is 0 Å². The Bertz CT molecular complexity index is 317. The molecule has 0 aromatic heterocycles. The van der Waals surface area contributed by atoms with Crippen LogP contribution in [0.5, 0.6) is 0 Å². The maximum Gasteiger partial charge on any atom is 0.183 e. The van der Waals surface area contributed by atoms with E-state index in [-0.39, 0.29) is 11.2 Å². The van der Waals surface area contributed by atoms with Crippen molar-refractivity contribution in [2.24, 2.45) is 11.1 Å². The molecule has 2 rings (SSSR count). The summed E-state index contributed by atoms with van der Waals surface area (Å²) in [7, 11) is 0. The van der Waals surface area contributed by atoms with Crippen molar-refractivity contribution >= 4 is 17.5 Å². The van der Waals surface area contributed by atoms with Crippen LogP contribution in [0.15, 0.2) is 10.6 Å². The first kappa shape index (κ1) is 11.0. The summed E-state index contributed by atoms with van der Waals surface area (Å²) in [6.07, 6.45) is 1.53. The molecule has 0 atom stereocenters. The summed E-state index contributed by atoms with van der Waals surface area (Å²) < 4.78 is 5.28. The molecule has 15 heavy (non-hydrogen) atoms. The summed E-state index contributed by atoms with van der Waals surface area (Å²) >= 11 is 1.59. The zero-order valence-corrected chi connectivity index (χ0v) is 10.0.